The number of para-hydroxylation sites is 1. The molecule has 36 heavy (non-hydrogen) atoms. The van der Waals surface area contributed by atoms with E-state index in [1.165, 1.54) is 0 Å². The van der Waals surface area contributed by atoms with E-state index in [4.69, 9.17) is 9.94 Å². The number of hydrogen-bond donors (Lipinski definition) is 3. The van der Waals surface area contributed by atoms with Gasteiger partial charge < -0.3 is 4.74 Å². The number of piperidine rings is 1. The summed E-state index contributed by atoms with van der Waals surface area (Å²) < 4.78 is 6.01. The van der Waals surface area contributed by atoms with Crippen LogP contribution in [-0.2, 0) is 11.4 Å². The molecule has 8 heteroatoms. The number of nitrogens with zero attached hydrogens (tertiary/aromatic N) is 2. The topological polar surface area (TPSA) is 104 Å². The van der Waals surface area contributed by atoms with Crippen molar-refractivity contribution in [3.8, 4) is 5.75 Å². The molecule has 0 unspecified atom stereocenters. The molecule has 0 saturated carbocycles. The highest BCUT2D eigenvalue weighted by atomic mass is 16.5. The van der Waals surface area contributed by atoms with Gasteiger partial charge in [-0.25, -0.2) is 10.5 Å². The number of fused-ring (bicyclic) bond motifs is 1. The monoisotopic (exact) mass is 488 g/mol. The number of benzene rings is 2. The van der Waals surface area contributed by atoms with E-state index in [2.05, 4.69) is 17.0 Å². The number of amides is 2. The van der Waals surface area contributed by atoms with Crippen LogP contribution in [0, 0.1) is 12.8 Å². The molecule has 2 heterocycles. The first-order valence-corrected chi connectivity index (χ1v) is 12.2. The van der Waals surface area contributed by atoms with Gasteiger partial charge in [0.05, 0.1) is 5.52 Å². The van der Waals surface area contributed by atoms with Crippen molar-refractivity contribution < 1.29 is 19.5 Å². The largest absolute Gasteiger partial charge is 0.489 e. The number of hydrazine groups is 1. The van der Waals surface area contributed by atoms with Gasteiger partial charge in [0.15, 0.2) is 0 Å². The average molecular weight is 489 g/mol. The van der Waals surface area contributed by atoms with Gasteiger partial charge in [-0.3, -0.25) is 25.2 Å². The summed E-state index contributed by atoms with van der Waals surface area (Å²) >= 11 is 0. The third kappa shape index (κ3) is 6.27. The predicted molar refractivity (Wildman–Crippen MR) is 137 cm³/mol. The van der Waals surface area contributed by atoms with E-state index in [9.17, 15) is 9.59 Å². The molecule has 0 radical (unpaired) electrons. The molecule has 8 nitrogen and oxygen atoms in total. The maximum absolute atomic E-state index is 12.9. The molecule has 188 valence electrons. The number of hydroxylamine groups is 1. The molecule has 2 atom stereocenters. The van der Waals surface area contributed by atoms with Gasteiger partial charge in [0, 0.05) is 41.2 Å². The molecular weight excluding hydrogens is 456 g/mol. The summed E-state index contributed by atoms with van der Waals surface area (Å²) in [7, 11) is 0. The molecule has 2 aromatic carbocycles. The second-order valence-electron chi connectivity index (χ2n) is 9.19. The van der Waals surface area contributed by atoms with Crippen molar-refractivity contribution in [2.45, 2.75) is 45.3 Å². The molecule has 2 amide bonds. The second-order valence-corrected chi connectivity index (χ2v) is 9.19. The summed E-state index contributed by atoms with van der Waals surface area (Å²) in [6.07, 6.45) is 4.25. The van der Waals surface area contributed by atoms with Gasteiger partial charge in [-0.2, -0.15) is 0 Å². The Morgan fingerprint density at radius 3 is 2.75 bits per heavy atom. The van der Waals surface area contributed by atoms with Gasteiger partial charge >= 0.3 is 0 Å². The number of aryl methyl sites for hydroxylation is 1. The summed E-state index contributed by atoms with van der Waals surface area (Å²) in [6.45, 7) is 6.82. The Hall–Kier alpha value is -3.75. The number of carbonyl (C=O) groups is 2. The summed E-state index contributed by atoms with van der Waals surface area (Å²) in [5.41, 5.74) is 8.19. The van der Waals surface area contributed by atoms with Gasteiger partial charge in [-0.15, -0.1) is 6.58 Å². The Morgan fingerprint density at radius 1 is 1.22 bits per heavy atom. The molecule has 1 saturated heterocycles. The Labute approximate surface area is 210 Å². The van der Waals surface area contributed by atoms with Crippen LogP contribution in [-0.4, -0.2) is 39.6 Å². The van der Waals surface area contributed by atoms with Crippen molar-refractivity contribution in [2.75, 3.05) is 6.54 Å². The number of rotatable bonds is 9. The number of pyridine rings is 1. The Morgan fingerprint density at radius 2 is 2.00 bits per heavy atom. The SMILES string of the molecule is C=CC[C@H]1C[C@H](CC(=O)NO)CCN1NC(=O)c1ccc(OCc2cc(C)nc3ccccc23)cc1. The van der Waals surface area contributed by atoms with E-state index in [0.29, 0.717) is 30.9 Å². The molecule has 1 aliphatic heterocycles. The predicted octanol–water partition coefficient (Wildman–Crippen LogP) is 4.32. The molecule has 1 fully saturated rings. The third-order valence-electron chi connectivity index (χ3n) is 6.55. The minimum absolute atomic E-state index is 0.0398. The molecule has 0 bridgehead atoms. The highest BCUT2D eigenvalue weighted by molar-refractivity contribution is 5.94. The van der Waals surface area contributed by atoms with Gasteiger partial charge in [-0.05, 0) is 68.5 Å². The zero-order valence-electron chi connectivity index (χ0n) is 20.4. The molecule has 1 aliphatic rings. The van der Waals surface area contributed by atoms with Crippen molar-refractivity contribution in [3.05, 3.63) is 84.1 Å². The lowest BCUT2D eigenvalue weighted by atomic mass is 9.87. The first-order chi connectivity index (χ1) is 17.5. The van der Waals surface area contributed by atoms with Crippen molar-refractivity contribution in [1.82, 2.24) is 20.9 Å². The molecule has 4 rings (SSSR count). The molecule has 1 aromatic heterocycles. The number of carbonyl (C=O) groups excluding carboxylic acids is 2. The molecule has 0 aliphatic carbocycles. The van der Waals surface area contributed by atoms with Crippen molar-refractivity contribution in [3.63, 3.8) is 0 Å². The van der Waals surface area contributed by atoms with Crippen LogP contribution in [0.4, 0.5) is 0 Å². The van der Waals surface area contributed by atoms with Gasteiger partial charge in [0.25, 0.3) is 5.91 Å². The smallest absolute Gasteiger partial charge is 0.265 e. The van der Waals surface area contributed by atoms with Crippen molar-refractivity contribution >= 4 is 22.7 Å². The normalized spacial score (nSPS) is 17.9. The lowest BCUT2D eigenvalue weighted by Gasteiger charge is -2.38. The molecule has 0 spiro atoms. The van der Waals surface area contributed by atoms with Crippen LogP contribution in [0.25, 0.3) is 10.9 Å². The molecule has 3 N–H and O–H groups in total. The van der Waals surface area contributed by atoms with E-state index < -0.39 is 0 Å². The van der Waals surface area contributed by atoms with Crippen molar-refractivity contribution in [1.29, 1.82) is 0 Å². The maximum Gasteiger partial charge on any atom is 0.265 e. The van der Waals surface area contributed by atoms with E-state index in [0.717, 1.165) is 35.0 Å². The standard InChI is InChI=1S/C28H32N4O4/c1-3-6-23-16-20(17-27(33)31-35)13-14-32(23)30-28(34)21-9-11-24(12-10-21)36-18-22-15-19(2)29-26-8-5-4-7-25(22)26/h3-5,7-12,15,20,23,35H,1,6,13-14,16-18H2,2H3,(H,30,34)(H,31,33)/t20-,23+/m1/s1. The zero-order chi connectivity index (χ0) is 25.5. The average Bonchev–Trinajstić information content (AvgIpc) is 2.89. The summed E-state index contributed by atoms with van der Waals surface area (Å²) in [4.78, 5) is 29.0. The van der Waals surface area contributed by atoms with E-state index >= 15 is 0 Å². The lowest BCUT2D eigenvalue weighted by Crippen LogP contribution is -2.52. The summed E-state index contributed by atoms with van der Waals surface area (Å²) in [5, 5.41) is 11.8. The Bertz CT molecular complexity index is 1230. The van der Waals surface area contributed by atoms with Crippen LogP contribution in [0.1, 0.15) is 47.3 Å². The van der Waals surface area contributed by atoms with E-state index in [1.54, 1.807) is 29.7 Å². The first kappa shape index (κ1) is 25.3. The van der Waals surface area contributed by atoms with Crippen molar-refractivity contribution in [2.24, 2.45) is 5.92 Å². The van der Waals surface area contributed by atoms with Gasteiger partial charge in [0.2, 0.25) is 5.91 Å². The summed E-state index contributed by atoms with van der Waals surface area (Å²) in [5.74, 6) is 0.243. The number of ether oxygens (including phenoxy) is 1. The fourth-order valence-electron chi connectivity index (χ4n) is 4.76. The highest BCUT2D eigenvalue weighted by Crippen LogP contribution is 2.27. The molecule has 3 aromatic rings. The van der Waals surface area contributed by atoms with Gasteiger partial charge in [-0.1, -0.05) is 24.3 Å². The zero-order valence-corrected chi connectivity index (χ0v) is 20.4. The summed E-state index contributed by atoms with van der Waals surface area (Å²) in [6, 6.07) is 17.2. The van der Waals surface area contributed by atoms with Crippen LogP contribution >= 0.6 is 0 Å². The minimum atomic E-state index is -0.385. The minimum Gasteiger partial charge on any atom is -0.489 e. The van der Waals surface area contributed by atoms with Crippen LogP contribution in [0.5, 0.6) is 5.75 Å². The first-order valence-electron chi connectivity index (χ1n) is 12.2. The number of aromatic nitrogens is 1. The molecular formula is C28H32N4O4. The third-order valence-corrected chi connectivity index (χ3v) is 6.55. The van der Waals surface area contributed by atoms with Crippen LogP contribution in [0.15, 0.2) is 67.3 Å². The fraction of sp³-hybridized carbons (Fsp3) is 0.321. The van der Waals surface area contributed by atoms with E-state index in [-0.39, 0.29) is 30.2 Å². The lowest BCUT2D eigenvalue weighted by molar-refractivity contribution is -0.130. The Kier molecular flexibility index (Phi) is 8.30. The quantitative estimate of drug-likeness (QED) is 0.235. The fourth-order valence-corrected chi connectivity index (χ4v) is 4.76. The highest BCUT2D eigenvalue weighted by Gasteiger charge is 2.30. The second kappa shape index (κ2) is 11.8. The van der Waals surface area contributed by atoms with Crippen LogP contribution in [0.2, 0.25) is 0 Å². The van der Waals surface area contributed by atoms with Crippen LogP contribution in [0.3, 0.4) is 0 Å². The Balaban J connectivity index is 1.36. The maximum atomic E-state index is 12.9. The van der Waals surface area contributed by atoms with Gasteiger partial charge in [0.1, 0.15) is 12.4 Å². The number of nitrogens with one attached hydrogen (secondary N) is 2. The van der Waals surface area contributed by atoms with Crippen LogP contribution < -0.4 is 15.6 Å². The number of hydrogen-bond acceptors (Lipinski definition) is 6. The van der Waals surface area contributed by atoms with E-state index in [1.807, 2.05) is 48.3 Å².